The molecule has 0 unspecified atom stereocenters. The van der Waals surface area contributed by atoms with Gasteiger partial charge >= 0.3 is 0 Å². The van der Waals surface area contributed by atoms with Gasteiger partial charge in [-0.15, -0.1) is 0 Å². The molecule has 1 aliphatic carbocycles. The minimum absolute atomic E-state index is 1.22. The molecule has 0 nitrogen and oxygen atoms in total. The van der Waals surface area contributed by atoms with Gasteiger partial charge in [0.2, 0.25) is 0 Å². The molecule has 1 fully saturated rings. The van der Waals surface area contributed by atoms with Crippen molar-refractivity contribution in [1.29, 1.82) is 0 Å². The Morgan fingerprint density at radius 1 is 1.33 bits per heavy atom. The zero-order valence-electron chi connectivity index (χ0n) is 6.11. The molecular weight excluding hydrogens is 108 g/mol. The summed E-state index contributed by atoms with van der Waals surface area (Å²) in [4.78, 5) is 0. The zero-order valence-corrected chi connectivity index (χ0v) is 6.11. The Morgan fingerprint density at radius 3 is 2.44 bits per heavy atom. The molecule has 0 aromatic heterocycles. The van der Waals surface area contributed by atoms with E-state index in [2.05, 4.69) is 19.6 Å². The van der Waals surface area contributed by atoms with Crippen molar-refractivity contribution in [2.45, 2.75) is 32.6 Å². The Balaban J connectivity index is 2.60. The highest BCUT2D eigenvalue weighted by Gasteiger charge is 2.06. The average Bonchev–Trinajstić information content (AvgIpc) is 1.89. The Labute approximate surface area is 57.3 Å². The van der Waals surface area contributed by atoms with Crippen LogP contribution in [0.3, 0.4) is 0 Å². The molecule has 0 N–H and O–H groups in total. The van der Waals surface area contributed by atoms with Gasteiger partial charge in [0, 0.05) is 0 Å². The van der Waals surface area contributed by atoms with Gasteiger partial charge in [0.05, 0.1) is 0 Å². The molecule has 0 aromatic carbocycles. The van der Waals surface area contributed by atoms with Crippen molar-refractivity contribution >= 4 is 0 Å². The summed E-state index contributed by atoms with van der Waals surface area (Å²) in [5.41, 5.74) is 2.85. The second-order valence-electron chi connectivity index (χ2n) is 2.62. The lowest BCUT2D eigenvalue weighted by molar-refractivity contribution is 0.680. The molecule has 0 amide bonds. The number of hydrogen-bond donors (Lipinski definition) is 0. The van der Waals surface area contributed by atoms with Crippen LogP contribution in [0.2, 0.25) is 0 Å². The molecule has 0 radical (unpaired) electrons. The van der Waals surface area contributed by atoms with Crippen molar-refractivity contribution in [3.63, 3.8) is 0 Å². The van der Waals surface area contributed by atoms with Crippen LogP contribution >= 0.6 is 0 Å². The summed E-state index contributed by atoms with van der Waals surface area (Å²) in [5, 5.41) is 0. The van der Waals surface area contributed by atoms with Crippen LogP contribution < -0.4 is 0 Å². The Morgan fingerprint density at radius 2 is 2.00 bits per heavy atom. The van der Waals surface area contributed by atoms with Crippen LogP contribution in [0, 0.1) is 0 Å². The van der Waals surface area contributed by atoms with E-state index in [0.717, 1.165) is 0 Å². The van der Waals surface area contributed by atoms with Crippen molar-refractivity contribution in [3.8, 4) is 0 Å². The first-order valence-corrected chi connectivity index (χ1v) is 3.68. The molecule has 9 heavy (non-hydrogen) atoms. The SMILES string of the molecule is C=C1CCCC/C1=C\C. The van der Waals surface area contributed by atoms with E-state index in [9.17, 15) is 0 Å². The van der Waals surface area contributed by atoms with E-state index in [1.165, 1.54) is 36.8 Å². The van der Waals surface area contributed by atoms with E-state index in [0.29, 0.717) is 0 Å². The predicted molar refractivity (Wildman–Crippen MR) is 41.4 cm³/mol. The van der Waals surface area contributed by atoms with Gasteiger partial charge in [-0.25, -0.2) is 0 Å². The van der Waals surface area contributed by atoms with E-state index >= 15 is 0 Å². The van der Waals surface area contributed by atoms with Crippen LogP contribution in [-0.2, 0) is 0 Å². The van der Waals surface area contributed by atoms with Crippen LogP contribution in [0.5, 0.6) is 0 Å². The highest BCUT2D eigenvalue weighted by atomic mass is 14.1. The molecule has 0 aliphatic heterocycles. The summed E-state index contributed by atoms with van der Waals surface area (Å²) in [6.45, 7) is 6.10. The Hall–Kier alpha value is -0.520. The third-order valence-corrected chi connectivity index (χ3v) is 1.98. The van der Waals surface area contributed by atoms with Crippen LogP contribution in [-0.4, -0.2) is 0 Å². The first-order valence-electron chi connectivity index (χ1n) is 3.68. The van der Waals surface area contributed by atoms with Crippen LogP contribution in [0.25, 0.3) is 0 Å². The van der Waals surface area contributed by atoms with E-state index in [-0.39, 0.29) is 0 Å². The Bertz CT molecular complexity index is 140. The molecule has 0 aromatic rings. The first-order chi connectivity index (χ1) is 4.34. The second-order valence-corrected chi connectivity index (χ2v) is 2.62. The smallest absolute Gasteiger partial charge is 0.0280 e. The second kappa shape index (κ2) is 2.86. The van der Waals surface area contributed by atoms with Crippen molar-refractivity contribution < 1.29 is 0 Å². The first kappa shape index (κ1) is 6.60. The fourth-order valence-corrected chi connectivity index (χ4v) is 1.34. The van der Waals surface area contributed by atoms with Crippen LogP contribution in [0.1, 0.15) is 32.6 Å². The topological polar surface area (TPSA) is 0 Å². The molecule has 1 rings (SSSR count). The van der Waals surface area contributed by atoms with Crippen LogP contribution in [0.15, 0.2) is 23.8 Å². The van der Waals surface area contributed by atoms with Gasteiger partial charge < -0.3 is 0 Å². The quantitative estimate of drug-likeness (QED) is 0.463. The van der Waals surface area contributed by atoms with Gasteiger partial charge in [-0.05, 0) is 38.2 Å². The van der Waals surface area contributed by atoms with E-state index in [4.69, 9.17) is 0 Å². The summed E-state index contributed by atoms with van der Waals surface area (Å²) in [5.74, 6) is 0. The van der Waals surface area contributed by atoms with Crippen LogP contribution in [0.4, 0.5) is 0 Å². The van der Waals surface area contributed by atoms with Gasteiger partial charge in [-0.3, -0.25) is 0 Å². The molecule has 0 heteroatoms. The van der Waals surface area contributed by atoms with Gasteiger partial charge in [-0.1, -0.05) is 18.2 Å². The van der Waals surface area contributed by atoms with Crippen molar-refractivity contribution in [3.05, 3.63) is 23.8 Å². The van der Waals surface area contributed by atoms with Gasteiger partial charge in [0.1, 0.15) is 0 Å². The molecule has 0 heterocycles. The monoisotopic (exact) mass is 122 g/mol. The van der Waals surface area contributed by atoms with E-state index < -0.39 is 0 Å². The number of allylic oxidation sites excluding steroid dienone is 3. The summed E-state index contributed by atoms with van der Waals surface area (Å²) < 4.78 is 0. The summed E-state index contributed by atoms with van der Waals surface area (Å²) in [6, 6.07) is 0. The zero-order chi connectivity index (χ0) is 6.69. The molecule has 1 saturated carbocycles. The highest BCUT2D eigenvalue weighted by molar-refractivity contribution is 5.29. The predicted octanol–water partition coefficient (Wildman–Crippen LogP) is 3.06. The minimum Gasteiger partial charge on any atom is -0.0956 e. The highest BCUT2D eigenvalue weighted by Crippen LogP contribution is 2.26. The van der Waals surface area contributed by atoms with Crippen molar-refractivity contribution in [2.75, 3.05) is 0 Å². The number of hydrogen-bond acceptors (Lipinski definition) is 0. The lowest BCUT2D eigenvalue weighted by Crippen LogP contribution is -1.95. The molecule has 1 aliphatic rings. The lowest BCUT2D eigenvalue weighted by Gasteiger charge is -2.15. The maximum atomic E-state index is 4.00. The Kier molecular flexibility index (Phi) is 2.10. The normalized spacial score (nSPS) is 25.0. The van der Waals surface area contributed by atoms with Gasteiger partial charge in [0.15, 0.2) is 0 Å². The fraction of sp³-hybridized carbons (Fsp3) is 0.556. The third kappa shape index (κ3) is 1.44. The number of rotatable bonds is 0. The molecule has 0 spiro atoms. The summed E-state index contributed by atoms with van der Waals surface area (Å²) in [7, 11) is 0. The molecule has 0 saturated heterocycles. The maximum absolute atomic E-state index is 4.00. The lowest BCUT2D eigenvalue weighted by atomic mass is 9.91. The van der Waals surface area contributed by atoms with Gasteiger partial charge in [0.25, 0.3) is 0 Å². The van der Waals surface area contributed by atoms with Crippen molar-refractivity contribution in [1.82, 2.24) is 0 Å². The van der Waals surface area contributed by atoms with Crippen molar-refractivity contribution in [2.24, 2.45) is 0 Å². The molecular formula is C9H14. The van der Waals surface area contributed by atoms with E-state index in [1.54, 1.807) is 0 Å². The van der Waals surface area contributed by atoms with E-state index in [1.807, 2.05) is 0 Å². The molecule has 50 valence electrons. The van der Waals surface area contributed by atoms with Gasteiger partial charge in [-0.2, -0.15) is 0 Å². The third-order valence-electron chi connectivity index (χ3n) is 1.98. The summed E-state index contributed by atoms with van der Waals surface area (Å²) in [6.07, 6.45) is 7.38. The fourth-order valence-electron chi connectivity index (χ4n) is 1.34. The standard InChI is InChI=1S/C9H14/c1-3-9-7-5-4-6-8(9)2/h3H,2,4-7H2,1H3/b9-3+. The average molecular weight is 122 g/mol. The largest absolute Gasteiger partial charge is 0.0956 e. The summed E-state index contributed by atoms with van der Waals surface area (Å²) >= 11 is 0. The maximum Gasteiger partial charge on any atom is -0.0280 e. The molecule has 0 bridgehead atoms. The molecule has 0 atom stereocenters. The minimum atomic E-state index is 1.22.